The lowest BCUT2D eigenvalue weighted by molar-refractivity contribution is -0.136. The van der Waals surface area contributed by atoms with Crippen molar-refractivity contribution >= 4 is 35.3 Å². The first-order valence-electron chi connectivity index (χ1n) is 25.3. The third-order valence-electron chi connectivity index (χ3n) is 16.9. The number of nitrogens with one attached hydrogen (secondary N) is 3. The molecular formula is C56H65N7O6. The number of aromatic amines is 1. The van der Waals surface area contributed by atoms with E-state index in [9.17, 15) is 19.2 Å². The zero-order valence-corrected chi connectivity index (χ0v) is 40.8. The maximum absolute atomic E-state index is 14.0. The highest BCUT2D eigenvalue weighted by molar-refractivity contribution is 6.04. The van der Waals surface area contributed by atoms with Crippen molar-refractivity contribution in [2.75, 3.05) is 27.3 Å². The van der Waals surface area contributed by atoms with Gasteiger partial charge >= 0.3 is 12.2 Å². The van der Waals surface area contributed by atoms with E-state index < -0.39 is 24.3 Å². The highest BCUT2D eigenvalue weighted by atomic mass is 16.5. The molecule has 0 radical (unpaired) electrons. The Labute approximate surface area is 404 Å². The van der Waals surface area contributed by atoms with Crippen molar-refractivity contribution in [3.05, 3.63) is 95.6 Å². The number of ether oxygens (including phenoxy) is 2. The number of amides is 4. The molecule has 2 saturated heterocycles. The Bertz CT molecular complexity index is 2760. The number of alkyl carbamates (subject to hydrolysis) is 2. The van der Waals surface area contributed by atoms with Crippen LogP contribution in [-0.4, -0.2) is 94.9 Å². The van der Waals surface area contributed by atoms with Gasteiger partial charge in [0.2, 0.25) is 11.8 Å². The van der Waals surface area contributed by atoms with Crippen LogP contribution in [0, 0.1) is 22.7 Å². The van der Waals surface area contributed by atoms with Gasteiger partial charge in [0.25, 0.3) is 0 Å². The van der Waals surface area contributed by atoms with Gasteiger partial charge in [-0.1, -0.05) is 88.4 Å². The van der Waals surface area contributed by atoms with Crippen LogP contribution >= 0.6 is 0 Å². The summed E-state index contributed by atoms with van der Waals surface area (Å²) in [7, 11) is 2.65. The molecule has 4 aromatic rings. The van der Waals surface area contributed by atoms with Gasteiger partial charge in [-0.2, -0.15) is 0 Å². The summed E-state index contributed by atoms with van der Waals surface area (Å²) in [5.74, 6) is 1.57. The van der Waals surface area contributed by atoms with Gasteiger partial charge in [-0.3, -0.25) is 14.6 Å². The fourth-order valence-electron chi connectivity index (χ4n) is 12.7. The summed E-state index contributed by atoms with van der Waals surface area (Å²) < 4.78 is 9.72. The lowest BCUT2D eigenvalue weighted by Crippen LogP contribution is -2.53. The van der Waals surface area contributed by atoms with Crippen molar-refractivity contribution < 1.29 is 28.7 Å². The first-order valence-corrected chi connectivity index (χ1v) is 25.3. The molecule has 11 rings (SSSR count). The number of hydrogen-bond acceptors (Lipinski definition) is 8. The van der Waals surface area contributed by atoms with Crippen molar-refractivity contribution in [3.8, 4) is 33.5 Å². The second-order valence-corrected chi connectivity index (χ2v) is 22.1. The number of allylic oxidation sites excluding steroid dienone is 1. The van der Waals surface area contributed by atoms with Crippen LogP contribution in [0.2, 0.25) is 0 Å². The number of imidazole rings is 1. The molecule has 5 fully saturated rings. The predicted molar refractivity (Wildman–Crippen MR) is 265 cm³/mol. The number of H-pyrrole nitrogens is 1. The quantitative estimate of drug-likeness (QED) is 0.128. The average molecular weight is 932 g/mol. The predicted octanol–water partition coefficient (Wildman–Crippen LogP) is 10.2. The number of nitrogens with zero attached hydrogens (tertiary/aromatic N) is 4. The summed E-state index contributed by atoms with van der Waals surface area (Å²) in [5, 5.41) is 5.57. The van der Waals surface area contributed by atoms with Gasteiger partial charge in [-0.05, 0) is 142 Å². The van der Waals surface area contributed by atoms with E-state index >= 15 is 0 Å². The third-order valence-corrected chi connectivity index (χ3v) is 16.9. The van der Waals surface area contributed by atoms with Crippen LogP contribution in [0.5, 0.6) is 0 Å². The molecular weight excluding hydrogens is 867 g/mol. The van der Waals surface area contributed by atoms with E-state index in [-0.39, 0.29) is 46.6 Å². The van der Waals surface area contributed by atoms with E-state index in [0.29, 0.717) is 31.3 Å². The normalized spacial score (nSPS) is 24.1. The highest BCUT2D eigenvalue weighted by Gasteiger charge is 2.56. The largest absolute Gasteiger partial charge is 0.453 e. The molecule has 4 heterocycles. The minimum Gasteiger partial charge on any atom is -0.453 e. The van der Waals surface area contributed by atoms with Crippen molar-refractivity contribution in [1.82, 2.24) is 30.4 Å². The van der Waals surface area contributed by atoms with Crippen molar-refractivity contribution in [1.29, 1.82) is 0 Å². The Morgan fingerprint density at radius 1 is 0.667 bits per heavy atom. The van der Waals surface area contributed by atoms with Crippen LogP contribution in [0.25, 0.3) is 39.1 Å². The number of rotatable bonds is 12. The molecule has 1 aromatic heterocycles. The fraction of sp³-hybridized carbons (Fsp3) is 0.500. The Morgan fingerprint density at radius 3 is 1.64 bits per heavy atom. The third kappa shape index (κ3) is 8.22. The van der Waals surface area contributed by atoms with E-state index in [1.165, 1.54) is 66.9 Å². The summed E-state index contributed by atoms with van der Waals surface area (Å²) in [6, 6.07) is 20.9. The molecule has 4 aliphatic carbocycles. The van der Waals surface area contributed by atoms with Crippen LogP contribution in [0.4, 0.5) is 9.59 Å². The summed E-state index contributed by atoms with van der Waals surface area (Å²) in [4.78, 5) is 69.8. The van der Waals surface area contributed by atoms with Crippen LogP contribution in [0.3, 0.4) is 0 Å². The number of likely N-dealkylation sites (tertiary alicyclic amines) is 2. The van der Waals surface area contributed by atoms with Crippen LogP contribution in [0.1, 0.15) is 132 Å². The van der Waals surface area contributed by atoms with Crippen molar-refractivity contribution in [2.45, 2.75) is 128 Å². The summed E-state index contributed by atoms with van der Waals surface area (Å²) in [6.45, 7) is 9.17. The number of fused-ring (bicyclic) bond motifs is 5. The Kier molecular flexibility index (Phi) is 11.3. The Hall–Kier alpha value is -6.24. The van der Waals surface area contributed by atoms with Gasteiger partial charge in [-0.15, -0.1) is 0 Å². The van der Waals surface area contributed by atoms with Crippen LogP contribution in [-0.2, 0) is 19.1 Å². The van der Waals surface area contributed by atoms with E-state index in [1.807, 2.05) is 49.9 Å². The molecule has 13 heteroatoms. The monoisotopic (exact) mass is 931 g/mol. The molecule has 13 nitrogen and oxygen atoms in total. The maximum Gasteiger partial charge on any atom is 0.407 e. The van der Waals surface area contributed by atoms with Crippen molar-refractivity contribution in [3.63, 3.8) is 0 Å². The van der Waals surface area contributed by atoms with E-state index in [0.717, 1.165) is 72.5 Å². The maximum atomic E-state index is 14.0. The molecule has 3 N–H and O–H groups in total. The topological polar surface area (TPSA) is 158 Å². The second-order valence-electron chi connectivity index (χ2n) is 22.1. The zero-order chi connectivity index (χ0) is 47.9. The van der Waals surface area contributed by atoms with Gasteiger partial charge in [0.15, 0.2) is 0 Å². The molecule has 6 atom stereocenters. The second kappa shape index (κ2) is 17.3. The summed E-state index contributed by atoms with van der Waals surface area (Å²) >= 11 is 0. The van der Waals surface area contributed by atoms with Crippen molar-refractivity contribution in [2.24, 2.45) is 27.7 Å². The minimum atomic E-state index is -0.680. The molecule has 2 spiro atoms. The van der Waals surface area contributed by atoms with Gasteiger partial charge in [0.05, 0.1) is 38.2 Å². The molecule has 2 unspecified atom stereocenters. The number of carbonyl (C=O) groups excluding carboxylic acids is 4. The number of aliphatic imine (C=N–C) groups is 1. The SMILES string of the molecule is COC(=O)N[C@H](C(=O)N1CC2(CC2)C[C@H]1C1=NC=C(c2ccc(-c3ccc(-c4ccc(-c5cnc([C@@H]6CC7(CC7)CN6C(=O)[C@@H](NC(=O)OC)C(C)C)[nH]5)cc4)c4c3C3CCC4C3)cc2)C1)C(C)C. The molecule has 4 amide bonds. The van der Waals surface area contributed by atoms with Gasteiger partial charge in [0.1, 0.15) is 17.9 Å². The number of carbonyl (C=O) groups is 4. The lowest BCUT2D eigenvalue weighted by atomic mass is 9.81. The smallest absolute Gasteiger partial charge is 0.407 e. The van der Waals surface area contributed by atoms with E-state index in [2.05, 4.69) is 76.3 Å². The molecule has 360 valence electrons. The van der Waals surface area contributed by atoms with Gasteiger partial charge in [0, 0.05) is 31.4 Å². The van der Waals surface area contributed by atoms with Gasteiger partial charge in [-0.25, -0.2) is 14.6 Å². The van der Waals surface area contributed by atoms with E-state index in [1.54, 1.807) is 0 Å². The number of methoxy groups -OCH3 is 2. The minimum absolute atomic E-state index is 0.0553. The fourth-order valence-corrected chi connectivity index (χ4v) is 12.7. The first kappa shape index (κ1) is 45.2. The lowest BCUT2D eigenvalue weighted by Gasteiger charge is -2.31. The Morgan fingerprint density at radius 2 is 1.14 bits per heavy atom. The molecule has 3 saturated carbocycles. The van der Waals surface area contributed by atoms with Crippen LogP contribution < -0.4 is 10.6 Å². The average Bonchev–Trinajstić information content (AvgIpc) is 3.79. The molecule has 2 bridgehead atoms. The molecule has 69 heavy (non-hydrogen) atoms. The first-order chi connectivity index (χ1) is 33.3. The zero-order valence-electron chi connectivity index (χ0n) is 40.8. The highest BCUT2D eigenvalue weighted by Crippen LogP contribution is 2.60. The standard InChI is InChI=1S/C56H65N7O6/c1-31(2)48(60-53(66)68-5)51(64)62-29-55(19-20-55)25-44(62)42-24-39(27-57-42)33-7-9-34(10-8-33)40-17-18-41(47-38-16-15-37(23-38)46(40)47)35-11-13-36(14-12-35)43-28-58-50(59-43)45-26-56(21-22-56)30-63(45)52(65)49(32(3)4)61-54(67)69-6/h7-14,17-18,27-28,31-32,37-38,44-45,48-49H,15-16,19-26,29-30H2,1-6H3,(H,58,59)(H,60,66)(H,61,67)/t37?,38?,44-,45-,48-,49-/m0/s1. The van der Waals surface area contributed by atoms with Crippen LogP contribution in [0.15, 0.2) is 78.1 Å². The molecule has 3 aliphatic heterocycles. The number of hydrogen-bond donors (Lipinski definition) is 3. The number of aromatic nitrogens is 2. The Balaban J connectivity index is 0.790. The van der Waals surface area contributed by atoms with E-state index in [4.69, 9.17) is 19.5 Å². The summed E-state index contributed by atoms with van der Waals surface area (Å²) in [6.07, 6.45) is 13.3. The molecule has 7 aliphatic rings. The summed E-state index contributed by atoms with van der Waals surface area (Å²) in [5.41, 5.74) is 13.7. The van der Waals surface area contributed by atoms with Gasteiger partial charge < -0.3 is 34.9 Å². The molecule has 3 aromatic carbocycles. The number of benzene rings is 3.